The van der Waals surface area contributed by atoms with Gasteiger partial charge in [0.2, 0.25) is 11.7 Å². The number of rotatable bonds is 7. The van der Waals surface area contributed by atoms with E-state index < -0.39 is 0 Å². The Hall–Kier alpha value is -3.51. The Kier molecular flexibility index (Phi) is 6.61. The number of nitrogens with zero attached hydrogens (tertiary/aromatic N) is 1. The van der Waals surface area contributed by atoms with E-state index in [-0.39, 0.29) is 17.7 Å². The van der Waals surface area contributed by atoms with Gasteiger partial charge in [0.25, 0.3) is 0 Å². The number of carbonyl (C=O) groups is 1. The maximum atomic E-state index is 13.2. The van der Waals surface area contributed by atoms with Gasteiger partial charge in [0.1, 0.15) is 0 Å². The molecule has 1 heterocycles. The van der Waals surface area contributed by atoms with Crippen LogP contribution in [0.2, 0.25) is 0 Å². The van der Waals surface area contributed by atoms with Gasteiger partial charge in [0.15, 0.2) is 11.5 Å². The number of nitrogens with one attached hydrogen (secondary N) is 1. The summed E-state index contributed by atoms with van der Waals surface area (Å²) in [7, 11) is 3.02. The van der Waals surface area contributed by atoms with Crippen molar-refractivity contribution in [3.63, 3.8) is 0 Å². The summed E-state index contributed by atoms with van der Waals surface area (Å²) in [6.45, 7) is 1.67. The summed E-state index contributed by atoms with van der Waals surface area (Å²) in [5, 5.41) is 13.3. The second-order valence-corrected chi connectivity index (χ2v) is 7.95. The molecule has 4 rings (SSSR count). The quantitative estimate of drug-likeness (QED) is 0.596. The van der Waals surface area contributed by atoms with E-state index in [1.807, 2.05) is 42.5 Å². The van der Waals surface area contributed by atoms with Crippen molar-refractivity contribution in [3.05, 3.63) is 89.0 Å². The van der Waals surface area contributed by atoms with Crippen molar-refractivity contribution in [2.75, 3.05) is 14.2 Å². The van der Waals surface area contributed by atoms with Crippen LogP contribution in [-0.2, 0) is 30.8 Å². The van der Waals surface area contributed by atoms with Crippen molar-refractivity contribution in [2.45, 2.75) is 32.1 Å². The summed E-state index contributed by atoms with van der Waals surface area (Å²) < 4.78 is 10.6. The van der Waals surface area contributed by atoms with Crippen LogP contribution in [0.4, 0.5) is 0 Å². The van der Waals surface area contributed by atoms with Crippen LogP contribution >= 0.6 is 0 Å². The summed E-state index contributed by atoms with van der Waals surface area (Å²) in [6, 6.07) is 21.4. The second-order valence-electron chi connectivity index (χ2n) is 7.95. The van der Waals surface area contributed by atoms with Crippen molar-refractivity contribution in [2.24, 2.45) is 0 Å². The Morgan fingerprint density at radius 3 is 2.25 bits per heavy atom. The first kappa shape index (κ1) is 21.7. The van der Waals surface area contributed by atoms with Crippen molar-refractivity contribution in [3.8, 4) is 17.2 Å². The third kappa shape index (κ3) is 4.70. The number of amides is 1. The minimum atomic E-state index is -0.306. The molecule has 32 heavy (non-hydrogen) atoms. The molecular weight excluding hydrogens is 404 g/mol. The van der Waals surface area contributed by atoms with Crippen molar-refractivity contribution in [1.29, 1.82) is 0 Å². The van der Waals surface area contributed by atoms with Crippen LogP contribution in [0.5, 0.6) is 17.2 Å². The lowest BCUT2D eigenvalue weighted by molar-refractivity contribution is -0.127. The molecule has 1 aliphatic rings. The molecule has 0 spiro atoms. The largest absolute Gasteiger partial charge is 0.502 e. The van der Waals surface area contributed by atoms with Crippen LogP contribution in [0.1, 0.15) is 22.3 Å². The standard InChI is InChI=1S/C26H28N2O4/c1-31-23-12-19(13-24(32-2)25(23)29)16-28-17-21-11-7-6-10-20(21)14-22(28)26(30)27-15-18-8-4-3-5-9-18/h3-13,22,29H,14-17H2,1-2H3,(H,27,30). The molecule has 0 aliphatic carbocycles. The van der Waals surface area contributed by atoms with E-state index in [0.717, 1.165) is 11.1 Å². The second kappa shape index (κ2) is 9.75. The number of fused-ring (bicyclic) bond motifs is 1. The number of phenolic OH excluding ortho intramolecular Hbond substituents is 1. The van der Waals surface area contributed by atoms with Gasteiger partial charge in [-0.25, -0.2) is 0 Å². The van der Waals surface area contributed by atoms with Crippen LogP contribution in [0, 0.1) is 0 Å². The van der Waals surface area contributed by atoms with Gasteiger partial charge < -0.3 is 19.9 Å². The Morgan fingerprint density at radius 1 is 0.969 bits per heavy atom. The Balaban J connectivity index is 1.58. The van der Waals surface area contributed by atoms with E-state index >= 15 is 0 Å². The lowest BCUT2D eigenvalue weighted by atomic mass is 9.93. The number of phenols is 1. The zero-order valence-corrected chi connectivity index (χ0v) is 18.4. The molecule has 1 amide bonds. The zero-order chi connectivity index (χ0) is 22.5. The smallest absolute Gasteiger partial charge is 0.237 e. The monoisotopic (exact) mass is 432 g/mol. The number of ether oxygens (including phenoxy) is 2. The summed E-state index contributed by atoms with van der Waals surface area (Å²) in [5.41, 5.74) is 4.38. The van der Waals surface area contributed by atoms with Gasteiger partial charge in [-0.2, -0.15) is 0 Å². The van der Waals surface area contributed by atoms with Gasteiger partial charge in [-0.3, -0.25) is 9.69 Å². The molecule has 1 aliphatic heterocycles. The molecule has 6 nitrogen and oxygen atoms in total. The highest BCUT2D eigenvalue weighted by Gasteiger charge is 2.31. The molecule has 166 valence electrons. The molecule has 3 aromatic rings. The maximum absolute atomic E-state index is 13.2. The highest BCUT2D eigenvalue weighted by atomic mass is 16.5. The summed E-state index contributed by atoms with van der Waals surface area (Å²) in [4.78, 5) is 15.4. The first-order valence-corrected chi connectivity index (χ1v) is 10.7. The number of methoxy groups -OCH3 is 2. The molecule has 0 bridgehead atoms. The third-order valence-corrected chi connectivity index (χ3v) is 5.88. The van der Waals surface area contributed by atoms with Crippen LogP contribution in [0.15, 0.2) is 66.7 Å². The van der Waals surface area contributed by atoms with Gasteiger partial charge in [0.05, 0.1) is 20.3 Å². The van der Waals surface area contributed by atoms with Gasteiger partial charge in [-0.1, -0.05) is 54.6 Å². The van der Waals surface area contributed by atoms with Crippen LogP contribution in [0.3, 0.4) is 0 Å². The topological polar surface area (TPSA) is 71.0 Å². The van der Waals surface area contributed by atoms with E-state index in [4.69, 9.17) is 9.47 Å². The van der Waals surface area contributed by atoms with Crippen LogP contribution in [0.25, 0.3) is 0 Å². The fourth-order valence-corrected chi connectivity index (χ4v) is 4.18. The fraction of sp³-hybridized carbons (Fsp3) is 0.269. The summed E-state index contributed by atoms with van der Waals surface area (Å²) in [5.74, 6) is 0.671. The molecule has 6 heteroatoms. The third-order valence-electron chi connectivity index (χ3n) is 5.88. The molecule has 1 atom stereocenters. The average Bonchev–Trinajstić information content (AvgIpc) is 2.83. The Labute approximate surface area is 188 Å². The SMILES string of the molecule is COc1cc(CN2Cc3ccccc3CC2C(=O)NCc2ccccc2)cc(OC)c1O. The van der Waals surface area contributed by atoms with Crippen molar-refractivity contribution >= 4 is 5.91 Å². The predicted molar refractivity (Wildman–Crippen MR) is 123 cm³/mol. The van der Waals surface area contributed by atoms with Crippen molar-refractivity contribution in [1.82, 2.24) is 10.2 Å². The van der Waals surface area contributed by atoms with Gasteiger partial charge in [-0.05, 0) is 40.8 Å². The lowest BCUT2D eigenvalue weighted by Crippen LogP contribution is -2.49. The number of hydrogen-bond donors (Lipinski definition) is 2. The molecule has 1 unspecified atom stereocenters. The van der Waals surface area contributed by atoms with Gasteiger partial charge >= 0.3 is 0 Å². The molecule has 0 fully saturated rings. The summed E-state index contributed by atoms with van der Waals surface area (Å²) >= 11 is 0. The maximum Gasteiger partial charge on any atom is 0.237 e. The first-order valence-electron chi connectivity index (χ1n) is 10.7. The van der Waals surface area contributed by atoms with Gasteiger partial charge in [-0.15, -0.1) is 0 Å². The molecule has 0 saturated carbocycles. The normalized spacial score (nSPS) is 15.6. The first-order chi connectivity index (χ1) is 15.6. The number of aromatic hydroxyl groups is 1. The minimum Gasteiger partial charge on any atom is -0.502 e. The lowest BCUT2D eigenvalue weighted by Gasteiger charge is -2.36. The molecule has 0 saturated heterocycles. The number of carbonyl (C=O) groups excluding carboxylic acids is 1. The van der Waals surface area contributed by atoms with Gasteiger partial charge in [0, 0.05) is 19.6 Å². The zero-order valence-electron chi connectivity index (χ0n) is 18.4. The van der Waals surface area contributed by atoms with E-state index in [2.05, 4.69) is 22.3 Å². The van der Waals surface area contributed by atoms with E-state index in [0.29, 0.717) is 37.6 Å². The average molecular weight is 433 g/mol. The Morgan fingerprint density at radius 2 is 1.59 bits per heavy atom. The van der Waals surface area contributed by atoms with Crippen LogP contribution < -0.4 is 14.8 Å². The molecular formula is C26H28N2O4. The number of hydrogen-bond acceptors (Lipinski definition) is 5. The highest BCUT2D eigenvalue weighted by Crippen LogP contribution is 2.38. The van der Waals surface area contributed by atoms with Crippen molar-refractivity contribution < 1.29 is 19.4 Å². The molecule has 0 aromatic heterocycles. The van der Waals surface area contributed by atoms with E-state index in [1.54, 1.807) is 12.1 Å². The van der Waals surface area contributed by atoms with E-state index in [1.165, 1.54) is 25.3 Å². The predicted octanol–water partition coefficient (Wildman–Crippen LogP) is 3.65. The van der Waals surface area contributed by atoms with Crippen LogP contribution in [-0.4, -0.2) is 36.2 Å². The molecule has 3 aromatic carbocycles. The minimum absolute atomic E-state index is 0.000986. The highest BCUT2D eigenvalue weighted by molar-refractivity contribution is 5.82. The fourth-order valence-electron chi connectivity index (χ4n) is 4.18. The molecule has 0 radical (unpaired) electrons. The molecule has 2 N–H and O–H groups in total. The van der Waals surface area contributed by atoms with E-state index in [9.17, 15) is 9.90 Å². The summed E-state index contributed by atoms with van der Waals surface area (Å²) in [6.07, 6.45) is 0.642. The number of benzene rings is 3. The Bertz CT molecular complexity index is 1060.